The Hall–Kier alpha value is -3.39. The van der Waals surface area contributed by atoms with Crippen LogP contribution in [0.3, 0.4) is 0 Å². The van der Waals surface area contributed by atoms with Crippen molar-refractivity contribution in [1.29, 1.82) is 5.26 Å². The Morgan fingerprint density at radius 2 is 1.71 bits per heavy atom. The van der Waals surface area contributed by atoms with Crippen molar-refractivity contribution in [1.82, 2.24) is 9.97 Å². The van der Waals surface area contributed by atoms with Crippen LogP contribution in [-0.2, 0) is 0 Å². The van der Waals surface area contributed by atoms with Crippen LogP contribution in [0.4, 0.5) is 17.5 Å². The van der Waals surface area contributed by atoms with Gasteiger partial charge in [0.1, 0.15) is 11.9 Å². The Morgan fingerprint density at radius 1 is 1.00 bits per heavy atom. The molecule has 0 amide bonds. The third kappa shape index (κ3) is 3.96. The second kappa shape index (κ2) is 8.10. The largest absolute Gasteiger partial charge is 0.356 e. The molecule has 0 unspecified atom stereocenters. The van der Waals surface area contributed by atoms with Crippen LogP contribution in [-0.4, -0.2) is 23.1 Å². The first-order chi connectivity index (χ1) is 13.7. The third-order valence-corrected chi connectivity index (χ3v) is 5.18. The predicted octanol–water partition coefficient (Wildman–Crippen LogP) is 5.00. The molecular formula is C23H23N5. The summed E-state index contributed by atoms with van der Waals surface area (Å²) in [6.45, 7) is 4.31. The molecule has 1 aliphatic rings. The number of rotatable bonds is 4. The van der Waals surface area contributed by atoms with Gasteiger partial charge in [-0.1, -0.05) is 49.4 Å². The first-order valence-electron chi connectivity index (χ1n) is 9.68. The van der Waals surface area contributed by atoms with E-state index in [4.69, 9.17) is 9.97 Å². The van der Waals surface area contributed by atoms with Crippen LogP contribution in [0.5, 0.6) is 0 Å². The maximum atomic E-state index is 9.37. The van der Waals surface area contributed by atoms with E-state index < -0.39 is 0 Å². The van der Waals surface area contributed by atoms with Crippen molar-refractivity contribution >= 4 is 17.5 Å². The van der Waals surface area contributed by atoms with Crippen LogP contribution in [0.25, 0.3) is 11.3 Å². The van der Waals surface area contributed by atoms with Gasteiger partial charge in [0.15, 0.2) is 0 Å². The van der Waals surface area contributed by atoms with Crippen molar-refractivity contribution in [2.24, 2.45) is 5.92 Å². The van der Waals surface area contributed by atoms with E-state index in [-0.39, 0.29) is 0 Å². The van der Waals surface area contributed by atoms with Crippen molar-refractivity contribution in [2.45, 2.75) is 19.8 Å². The normalized spacial score (nSPS) is 14.5. The molecule has 28 heavy (non-hydrogen) atoms. The van der Waals surface area contributed by atoms with Crippen LogP contribution in [0.2, 0.25) is 0 Å². The summed E-state index contributed by atoms with van der Waals surface area (Å²) in [6.07, 6.45) is 2.34. The second-order valence-electron chi connectivity index (χ2n) is 7.25. The van der Waals surface area contributed by atoms with Gasteiger partial charge in [-0.15, -0.1) is 0 Å². The maximum absolute atomic E-state index is 9.37. The Labute approximate surface area is 165 Å². The molecule has 0 bridgehead atoms. The summed E-state index contributed by atoms with van der Waals surface area (Å²) in [4.78, 5) is 11.8. The highest BCUT2D eigenvalue weighted by Gasteiger charge is 2.19. The molecule has 2 aromatic carbocycles. The highest BCUT2D eigenvalue weighted by Crippen LogP contribution is 2.28. The average Bonchev–Trinajstić information content (AvgIpc) is 2.75. The van der Waals surface area contributed by atoms with Crippen LogP contribution in [0, 0.1) is 17.2 Å². The van der Waals surface area contributed by atoms with Crippen LogP contribution < -0.4 is 10.2 Å². The number of benzene rings is 2. The molecule has 1 fully saturated rings. The van der Waals surface area contributed by atoms with Gasteiger partial charge >= 0.3 is 0 Å². The summed E-state index contributed by atoms with van der Waals surface area (Å²) in [7, 11) is 0. The number of hydrogen-bond donors (Lipinski definition) is 1. The van der Waals surface area contributed by atoms with E-state index in [0.717, 1.165) is 36.1 Å². The number of nitrogens with one attached hydrogen (secondary N) is 1. The van der Waals surface area contributed by atoms with E-state index >= 15 is 0 Å². The van der Waals surface area contributed by atoms with Gasteiger partial charge in [-0.05, 0) is 30.9 Å². The van der Waals surface area contributed by atoms with Gasteiger partial charge in [-0.2, -0.15) is 10.2 Å². The lowest BCUT2D eigenvalue weighted by Crippen LogP contribution is -2.33. The lowest BCUT2D eigenvalue weighted by molar-refractivity contribution is 0.436. The quantitative estimate of drug-likeness (QED) is 0.701. The smallest absolute Gasteiger partial charge is 0.229 e. The summed E-state index contributed by atoms with van der Waals surface area (Å²) in [5.41, 5.74) is 3.22. The highest BCUT2D eigenvalue weighted by atomic mass is 15.2. The van der Waals surface area contributed by atoms with E-state index in [1.807, 2.05) is 36.4 Å². The molecule has 2 heterocycles. The van der Waals surface area contributed by atoms with Crippen LogP contribution in [0.15, 0.2) is 60.7 Å². The molecule has 3 aromatic rings. The molecule has 1 saturated heterocycles. The molecule has 140 valence electrons. The molecule has 0 spiro atoms. The topological polar surface area (TPSA) is 64.8 Å². The summed E-state index contributed by atoms with van der Waals surface area (Å²) in [6, 6.07) is 21.8. The monoisotopic (exact) mass is 369 g/mol. The minimum absolute atomic E-state index is 0.512. The Morgan fingerprint density at radius 3 is 2.46 bits per heavy atom. The molecule has 0 atom stereocenters. The molecule has 1 aromatic heterocycles. The van der Waals surface area contributed by atoms with Gasteiger partial charge in [-0.25, -0.2) is 4.98 Å². The molecule has 1 N–H and O–H groups in total. The van der Waals surface area contributed by atoms with E-state index in [0.29, 0.717) is 17.2 Å². The highest BCUT2D eigenvalue weighted by molar-refractivity contribution is 5.68. The number of hydrogen-bond acceptors (Lipinski definition) is 5. The second-order valence-corrected chi connectivity index (χ2v) is 7.25. The fourth-order valence-corrected chi connectivity index (χ4v) is 3.46. The van der Waals surface area contributed by atoms with Gasteiger partial charge in [-0.3, -0.25) is 0 Å². The minimum Gasteiger partial charge on any atom is -0.356 e. The average molecular weight is 369 g/mol. The molecule has 5 heteroatoms. The van der Waals surface area contributed by atoms with Crippen molar-refractivity contribution in [3.8, 4) is 17.3 Å². The van der Waals surface area contributed by atoms with Crippen LogP contribution >= 0.6 is 0 Å². The summed E-state index contributed by atoms with van der Waals surface area (Å²) in [5.74, 6) is 2.20. The first-order valence-corrected chi connectivity index (χ1v) is 9.68. The summed E-state index contributed by atoms with van der Waals surface area (Å²) >= 11 is 0. The SMILES string of the molecule is CC1CCN(c2cc(-c3ccccc3)nc(Nc3ccccc3C#N)n2)CC1. The summed E-state index contributed by atoms with van der Waals surface area (Å²) < 4.78 is 0. The molecule has 4 rings (SSSR count). The Balaban J connectivity index is 1.73. The molecule has 0 saturated carbocycles. The molecule has 0 radical (unpaired) electrons. The van der Waals surface area contributed by atoms with E-state index in [1.54, 1.807) is 6.07 Å². The van der Waals surface area contributed by atoms with Gasteiger partial charge < -0.3 is 10.2 Å². The lowest BCUT2D eigenvalue weighted by atomic mass is 9.99. The summed E-state index contributed by atoms with van der Waals surface area (Å²) in [5, 5.41) is 12.6. The fraction of sp³-hybridized carbons (Fsp3) is 0.261. The Bertz CT molecular complexity index is 985. The standard InChI is InChI=1S/C23H23N5/c1-17-11-13-28(14-12-17)22-15-21(18-7-3-2-4-8-18)26-23(27-22)25-20-10-6-5-9-19(20)16-24/h2-10,15,17H,11-14H2,1H3,(H,25,26,27). The van der Waals surface area contributed by atoms with E-state index in [9.17, 15) is 5.26 Å². The maximum Gasteiger partial charge on any atom is 0.229 e. The van der Waals surface area contributed by atoms with Crippen molar-refractivity contribution in [2.75, 3.05) is 23.3 Å². The Kier molecular flexibility index (Phi) is 5.20. The van der Waals surface area contributed by atoms with Crippen molar-refractivity contribution in [3.05, 3.63) is 66.2 Å². The number of anilines is 3. The molecule has 0 aliphatic carbocycles. The van der Waals surface area contributed by atoms with Gasteiger partial charge in [0.05, 0.1) is 16.9 Å². The number of nitrogens with zero attached hydrogens (tertiary/aromatic N) is 4. The zero-order chi connectivity index (χ0) is 19.3. The van der Waals surface area contributed by atoms with Gasteiger partial charge in [0.25, 0.3) is 0 Å². The zero-order valence-corrected chi connectivity index (χ0v) is 16.0. The van der Waals surface area contributed by atoms with Gasteiger partial charge in [0, 0.05) is 24.7 Å². The molecule has 5 nitrogen and oxygen atoms in total. The third-order valence-electron chi connectivity index (χ3n) is 5.18. The zero-order valence-electron chi connectivity index (χ0n) is 16.0. The van der Waals surface area contributed by atoms with E-state index in [1.165, 1.54) is 12.8 Å². The van der Waals surface area contributed by atoms with Crippen molar-refractivity contribution < 1.29 is 0 Å². The number of para-hydroxylation sites is 1. The minimum atomic E-state index is 0.512. The first kappa shape index (κ1) is 18.0. The van der Waals surface area contributed by atoms with Gasteiger partial charge in [0.2, 0.25) is 5.95 Å². The predicted molar refractivity (Wildman–Crippen MR) is 113 cm³/mol. The lowest BCUT2D eigenvalue weighted by Gasteiger charge is -2.31. The number of nitriles is 1. The molecular weight excluding hydrogens is 346 g/mol. The number of piperidine rings is 1. The van der Waals surface area contributed by atoms with Crippen LogP contribution in [0.1, 0.15) is 25.3 Å². The van der Waals surface area contributed by atoms with Crippen molar-refractivity contribution in [3.63, 3.8) is 0 Å². The fourth-order valence-electron chi connectivity index (χ4n) is 3.46. The number of aromatic nitrogens is 2. The molecule has 1 aliphatic heterocycles. The van der Waals surface area contributed by atoms with E-state index in [2.05, 4.69) is 41.4 Å².